The summed E-state index contributed by atoms with van der Waals surface area (Å²) in [7, 11) is 0. The van der Waals surface area contributed by atoms with Gasteiger partial charge in [-0.1, -0.05) is 98.8 Å². The number of aliphatic hydroxyl groups is 2. The van der Waals surface area contributed by atoms with Crippen molar-refractivity contribution in [2.45, 2.75) is 124 Å². The van der Waals surface area contributed by atoms with Gasteiger partial charge in [-0.2, -0.15) is 0 Å². The first-order chi connectivity index (χ1) is 14.0. The van der Waals surface area contributed by atoms with E-state index < -0.39 is 24.0 Å². The first-order valence-electron chi connectivity index (χ1n) is 12.2. The summed E-state index contributed by atoms with van der Waals surface area (Å²) in [5, 5.41) is 27.4. The first kappa shape index (κ1) is 29.1. The molecule has 0 saturated carbocycles. The molecule has 5 nitrogen and oxygen atoms in total. The molecule has 0 aromatic heterocycles. The molecule has 0 heterocycles. The van der Waals surface area contributed by atoms with Crippen molar-refractivity contribution in [1.29, 1.82) is 0 Å². The number of ketones is 1. The van der Waals surface area contributed by atoms with Crippen LogP contribution in [-0.4, -0.2) is 39.3 Å². The number of carbonyl (C=O) groups excluding carboxylic acids is 1. The average Bonchev–Trinajstić information content (AvgIpc) is 2.66. The maximum Gasteiger partial charge on any atom is 0.335 e. The highest BCUT2D eigenvalue weighted by Gasteiger charge is 2.29. The number of aliphatic carboxylic acids is 1. The van der Waals surface area contributed by atoms with Crippen molar-refractivity contribution in [3.8, 4) is 0 Å². The van der Waals surface area contributed by atoms with Gasteiger partial charge in [-0.3, -0.25) is 4.79 Å². The van der Waals surface area contributed by atoms with Gasteiger partial charge in [0.2, 0.25) is 0 Å². The molecule has 0 radical (unpaired) electrons. The van der Waals surface area contributed by atoms with Gasteiger partial charge in [0.25, 0.3) is 0 Å². The number of rotatable bonds is 19. The molecule has 5 unspecified atom stereocenters. The van der Waals surface area contributed by atoms with Crippen molar-refractivity contribution < 1.29 is 24.9 Å². The number of aliphatic hydroxyl groups excluding tert-OH is 2. The Bertz CT molecular complexity index is 462. The van der Waals surface area contributed by atoms with Crippen LogP contribution < -0.4 is 0 Å². The molecule has 0 saturated heterocycles. The van der Waals surface area contributed by atoms with Gasteiger partial charge in [0, 0.05) is 6.42 Å². The molecular formula is C25H48O5. The van der Waals surface area contributed by atoms with Crippen LogP contribution in [0.15, 0.2) is 0 Å². The minimum absolute atomic E-state index is 0.113. The predicted octanol–water partition coefficient (Wildman–Crippen LogP) is 5.61. The molecular weight excluding hydrogens is 380 g/mol. The molecule has 0 bridgehead atoms. The lowest BCUT2D eigenvalue weighted by atomic mass is 9.90. The Morgan fingerprint density at radius 1 is 0.600 bits per heavy atom. The van der Waals surface area contributed by atoms with E-state index in [4.69, 9.17) is 5.11 Å². The number of carboxylic acid groups (broad SMARTS) is 1. The monoisotopic (exact) mass is 428 g/mol. The Morgan fingerprint density at radius 2 is 0.967 bits per heavy atom. The first-order valence-corrected chi connectivity index (χ1v) is 12.2. The second-order valence-corrected chi connectivity index (χ2v) is 10.1. The van der Waals surface area contributed by atoms with E-state index in [0.717, 1.165) is 30.6 Å². The van der Waals surface area contributed by atoms with Crippen molar-refractivity contribution in [1.82, 2.24) is 0 Å². The summed E-state index contributed by atoms with van der Waals surface area (Å²) >= 11 is 0. The number of hydrogen-bond donors (Lipinski definition) is 3. The fourth-order valence-corrected chi connectivity index (χ4v) is 4.02. The lowest BCUT2D eigenvalue weighted by Crippen LogP contribution is -2.39. The third kappa shape index (κ3) is 15.0. The molecule has 0 aromatic carbocycles. The largest absolute Gasteiger partial charge is 0.479 e. The standard InChI is InChI=1S/C25H48O5/c1-18(2)10-6-11-19(3)12-7-13-20(4)14-8-15-21(5)16-9-17-22(26)23(27)24(28)25(29)30/h18-21,23-24,27-28H,6-17H2,1-5H3,(H,29,30). The van der Waals surface area contributed by atoms with Crippen molar-refractivity contribution in [3.63, 3.8) is 0 Å². The molecule has 0 spiro atoms. The van der Waals surface area contributed by atoms with Crippen LogP contribution in [0.2, 0.25) is 0 Å². The van der Waals surface area contributed by atoms with Gasteiger partial charge in [0.1, 0.15) is 6.10 Å². The Hall–Kier alpha value is -0.940. The van der Waals surface area contributed by atoms with Crippen molar-refractivity contribution >= 4 is 11.8 Å². The Balaban J connectivity index is 3.77. The molecule has 3 N–H and O–H groups in total. The molecule has 178 valence electrons. The predicted molar refractivity (Wildman–Crippen MR) is 122 cm³/mol. The van der Waals surface area contributed by atoms with Gasteiger partial charge >= 0.3 is 5.97 Å². The minimum Gasteiger partial charge on any atom is -0.479 e. The Labute approximate surface area is 184 Å². The van der Waals surface area contributed by atoms with E-state index in [0.29, 0.717) is 12.3 Å². The molecule has 5 atom stereocenters. The molecule has 5 heteroatoms. The lowest BCUT2D eigenvalue weighted by molar-refractivity contribution is -0.157. The van der Waals surface area contributed by atoms with Gasteiger partial charge in [-0.25, -0.2) is 4.79 Å². The van der Waals surface area contributed by atoms with Gasteiger partial charge in [-0.15, -0.1) is 0 Å². The van der Waals surface area contributed by atoms with E-state index >= 15 is 0 Å². The normalized spacial score (nSPS) is 16.8. The molecule has 0 amide bonds. The average molecular weight is 429 g/mol. The van der Waals surface area contributed by atoms with Crippen LogP contribution in [0.25, 0.3) is 0 Å². The van der Waals surface area contributed by atoms with E-state index in [1.54, 1.807) is 0 Å². The fourth-order valence-electron chi connectivity index (χ4n) is 4.02. The Morgan fingerprint density at radius 3 is 1.33 bits per heavy atom. The molecule has 0 fully saturated rings. The zero-order valence-corrected chi connectivity index (χ0v) is 20.1. The summed E-state index contributed by atoms with van der Waals surface area (Å²) in [5.74, 6) is 0.759. The maximum atomic E-state index is 11.7. The van der Waals surface area contributed by atoms with Crippen LogP contribution in [0.5, 0.6) is 0 Å². The summed E-state index contributed by atoms with van der Waals surface area (Å²) in [4.78, 5) is 22.3. The zero-order valence-electron chi connectivity index (χ0n) is 20.1. The lowest BCUT2D eigenvalue weighted by Gasteiger charge is -2.16. The molecule has 0 aliphatic carbocycles. The molecule has 0 aromatic rings. The third-order valence-electron chi connectivity index (χ3n) is 6.27. The van der Waals surface area contributed by atoms with E-state index in [9.17, 15) is 19.8 Å². The molecule has 0 aliphatic heterocycles. The van der Waals surface area contributed by atoms with E-state index in [-0.39, 0.29) is 6.42 Å². The third-order valence-corrected chi connectivity index (χ3v) is 6.27. The molecule has 0 aliphatic rings. The summed E-state index contributed by atoms with van der Waals surface area (Å²) in [5.41, 5.74) is 0. The van der Waals surface area contributed by atoms with Crippen molar-refractivity contribution in [3.05, 3.63) is 0 Å². The highest BCUT2D eigenvalue weighted by molar-refractivity contribution is 5.89. The second-order valence-electron chi connectivity index (χ2n) is 10.1. The van der Waals surface area contributed by atoms with Crippen LogP contribution in [0.4, 0.5) is 0 Å². The van der Waals surface area contributed by atoms with E-state index in [1.165, 1.54) is 51.4 Å². The minimum atomic E-state index is -2.03. The topological polar surface area (TPSA) is 94.8 Å². The second kappa shape index (κ2) is 16.7. The molecule has 0 rings (SSSR count). The van der Waals surface area contributed by atoms with Crippen LogP contribution in [0.1, 0.15) is 112 Å². The van der Waals surface area contributed by atoms with Crippen LogP contribution in [0.3, 0.4) is 0 Å². The summed E-state index contributed by atoms with van der Waals surface area (Å²) < 4.78 is 0. The zero-order chi connectivity index (χ0) is 23.1. The van der Waals surface area contributed by atoms with E-state index in [1.807, 2.05) is 0 Å². The Kier molecular flexibility index (Phi) is 16.2. The number of carboxylic acids is 1. The van der Waals surface area contributed by atoms with Gasteiger partial charge in [0.05, 0.1) is 0 Å². The number of hydrogen-bond acceptors (Lipinski definition) is 4. The quantitative estimate of drug-likeness (QED) is 0.249. The number of Topliss-reactive ketones (excluding diaryl/α,β-unsaturated/α-hetero) is 1. The smallest absolute Gasteiger partial charge is 0.335 e. The SMILES string of the molecule is CC(C)CCCC(C)CCCC(C)CCCC(C)CCCC(=O)C(O)C(O)C(=O)O. The summed E-state index contributed by atoms with van der Waals surface area (Å²) in [6.45, 7) is 11.5. The van der Waals surface area contributed by atoms with Gasteiger partial charge in [0.15, 0.2) is 11.9 Å². The van der Waals surface area contributed by atoms with Crippen LogP contribution >= 0.6 is 0 Å². The van der Waals surface area contributed by atoms with Crippen molar-refractivity contribution in [2.24, 2.45) is 23.7 Å². The van der Waals surface area contributed by atoms with Gasteiger partial charge < -0.3 is 15.3 Å². The van der Waals surface area contributed by atoms with E-state index in [2.05, 4.69) is 34.6 Å². The summed E-state index contributed by atoms with van der Waals surface area (Å²) in [6.07, 6.45) is 9.37. The van der Waals surface area contributed by atoms with Crippen molar-refractivity contribution in [2.75, 3.05) is 0 Å². The number of carbonyl (C=O) groups is 2. The highest BCUT2D eigenvalue weighted by atomic mass is 16.4. The van der Waals surface area contributed by atoms with Crippen LogP contribution in [0, 0.1) is 23.7 Å². The van der Waals surface area contributed by atoms with Gasteiger partial charge in [-0.05, 0) is 30.1 Å². The highest BCUT2D eigenvalue weighted by Crippen LogP contribution is 2.23. The maximum absolute atomic E-state index is 11.7. The van der Waals surface area contributed by atoms with Crippen LogP contribution in [-0.2, 0) is 9.59 Å². The fraction of sp³-hybridized carbons (Fsp3) is 0.920. The molecule has 30 heavy (non-hydrogen) atoms. The summed E-state index contributed by atoms with van der Waals surface area (Å²) in [6, 6.07) is 0.